The number of hydrogen-bond acceptors (Lipinski definition) is 5. The Bertz CT molecular complexity index is 950. The van der Waals surface area contributed by atoms with Gasteiger partial charge < -0.3 is 11.1 Å². The van der Waals surface area contributed by atoms with Gasteiger partial charge in [0.25, 0.3) is 5.91 Å². The van der Waals surface area contributed by atoms with Crippen molar-refractivity contribution in [2.24, 2.45) is 11.7 Å². The molecule has 3 N–H and O–H groups in total. The number of carbonyl (C=O) groups excluding carboxylic acids is 2. The molecule has 0 spiro atoms. The lowest BCUT2D eigenvalue weighted by Crippen LogP contribution is -2.29. The lowest BCUT2D eigenvalue weighted by molar-refractivity contribution is -0.115. The van der Waals surface area contributed by atoms with Crippen molar-refractivity contribution in [3.63, 3.8) is 0 Å². The van der Waals surface area contributed by atoms with Gasteiger partial charge in [-0.25, -0.2) is 8.42 Å². The third-order valence-corrected chi connectivity index (χ3v) is 9.24. The van der Waals surface area contributed by atoms with Crippen molar-refractivity contribution in [2.45, 2.75) is 48.7 Å². The monoisotopic (exact) mass is 435 g/mol. The number of nitrogens with zero attached hydrogens (tertiary/aromatic N) is 1. The molecule has 9 heteroatoms. The summed E-state index contributed by atoms with van der Waals surface area (Å²) in [5.74, 6) is -0.737. The lowest BCUT2D eigenvalue weighted by atomic mass is 9.83. The Morgan fingerprint density at radius 2 is 1.69 bits per heavy atom. The number of amides is 2. The quantitative estimate of drug-likeness (QED) is 0.737. The van der Waals surface area contributed by atoms with Gasteiger partial charge in [-0.1, -0.05) is 12.8 Å². The molecule has 1 aliphatic carbocycles. The van der Waals surface area contributed by atoms with Crippen LogP contribution in [0.1, 0.15) is 48.9 Å². The van der Waals surface area contributed by atoms with E-state index in [1.54, 1.807) is 0 Å². The van der Waals surface area contributed by atoms with Crippen LogP contribution in [0.2, 0.25) is 0 Å². The highest BCUT2D eigenvalue weighted by Gasteiger charge is 2.40. The zero-order chi connectivity index (χ0) is 20.6. The molecule has 2 unspecified atom stereocenters. The van der Waals surface area contributed by atoms with Gasteiger partial charge in [-0.15, -0.1) is 11.8 Å². The molecule has 1 saturated carbocycles. The van der Waals surface area contributed by atoms with E-state index in [2.05, 4.69) is 5.32 Å². The van der Waals surface area contributed by atoms with E-state index in [-0.39, 0.29) is 22.0 Å². The minimum atomic E-state index is -3.51. The highest BCUT2D eigenvalue weighted by Crippen LogP contribution is 2.47. The van der Waals surface area contributed by atoms with E-state index in [1.165, 1.54) is 40.3 Å². The maximum atomic E-state index is 12.7. The van der Waals surface area contributed by atoms with E-state index in [4.69, 9.17) is 5.73 Å². The van der Waals surface area contributed by atoms with E-state index in [1.807, 2.05) is 0 Å². The molecule has 0 aromatic heterocycles. The first kappa shape index (κ1) is 20.4. The smallest absolute Gasteiger partial charge is 0.256 e. The third-order valence-electron chi connectivity index (χ3n) is 5.90. The summed E-state index contributed by atoms with van der Waals surface area (Å²) in [5.41, 5.74) is 6.48. The first-order chi connectivity index (χ1) is 13.9. The van der Waals surface area contributed by atoms with Crippen LogP contribution in [0.15, 0.2) is 39.8 Å². The average Bonchev–Trinajstić information content (AvgIpc) is 3.36. The number of nitrogens with one attached hydrogen (secondary N) is 1. The number of nitrogens with two attached hydrogens (primary N) is 1. The molecule has 2 heterocycles. The van der Waals surface area contributed by atoms with Crippen LogP contribution in [-0.2, 0) is 14.8 Å². The maximum absolute atomic E-state index is 12.7. The zero-order valence-electron chi connectivity index (χ0n) is 16.1. The Kier molecular flexibility index (Phi) is 5.72. The molecule has 4 rings (SSSR count). The molecule has 29 heavy (non-hydrogen) atoms. The summed E-state index contributed by atoms with van der Waals surface area (Å²) < 4.78 is 26.7. The summed E-state index contributed by atoms with van der Waals surface area (Å²) in [7, 11) is -3.51. The van der Waals surface area contributed by atoms with Crippen LogP contribution >= 0.6 is 11.8 Å². The molecule has 1 saturated heterocycles. The Morgan fingerprint density at radius 3 is 2.34 bits per heavy atom. The minimum Gasteiger partial charge on any atom is -0.366 e. The number of sulfonamides is 1. The van der Waals surface area contributed by atoms with Crippen molar-refractivity contribution in [3.8, 4) is 0 Å². The first-order valence-electron chi connectivity index (χ1n) is 10.00. The van der Waals surface area contributed by atoms with Gasteiger partial charge in [0, 0.05) is 29.8 Å². The fourth-order valence-corrected chi connectivity index (χ4v) is 7.45. The average molecular weight is 436 g/mol. The van der Waals surface area contributed by atoms with Gasteiger partial charge in [0.1, 0.15) is 0 Å². The molecule has 0 radical (unpaired) electrons. The number of thioether (sulfide) groups is 1. The van der Waals surface area contributed by atoms with E-state index in [0.29, 0.717) is 29.3 Å². The molecule has 1 aromatic rings. The molecule has 1 aromatic carbocycles. The summed E-state index contributed by atoms with van der Waals surface area (Å²) in [6, 6.07) is 5.95. The Balaban J connectivity index is 1.51. The van der Waals surface area contributed by atoms with Gasteiger partial charge in [0.15, 0.2) is 0 Å². The van der Waals surface area contributed by atoms with Crippen LogP contribution in [0.4, 0.5) is 0 Å². The van der Waals surface area contributed by atoms with Crippen LogP contribution < -0.4 is 11.1 Å². The van der Waals surface area contributed by atoms with Gasteiger partial charge in [0.05, 0.1) is 15.5 Å². The number of benzene rings is 1. The summed E-state index contributed by atoms with van der Waals surface area (Å²) in [5, 5.41) is 3.68. The van der Waals surface area contributed by atoms with E-state index in [0.717, 1.165) is 38.5 Å². The molecule has 3 aliphatic rings. The van der Waals surface area contributed by atoms with E-state index >= 15 is 0 Å². The maximum Gasteiger partial charge on any atom is 0.256 e. The lowest BCUT2D eigenvalue weighted by Gasteiger charge is -2.25. The Hall–Kier alpha value is -1.84. The number of rotatable bonds is 5. The van der Waals surface area contributed by atoms with Gasteiger partial charge in [-0.2, -0.15) is 4.31 Å². The highest BCUT2D eigenvalue weighted by molar-refractivity contribution is 8.04. The standard InChI is InChI=1S/C20H25N3O4S2/c21-18(24)17-15-5-1-2-6-16(15)28-20(17)22-19(25)13-7-9-14(10-8-13)29(26,27)23-11-3-4-12-23/h7-10,15-16H,1-6,11-12H2,(H2,21,24)(H,22,25). The molecule has 2 atom stereocenters. The Morgan fingerprint density at radius 1 is 1.03 bits per heavy atom. The Labute approximate surface area is 175 Å². The van der Waals surface area contributed by atoms with Crippen LogP contribution in [0.25, 0.3) is 0 Å². The summed E-state index contributed by atoms with van der Waals surface area (Å²) in [6.07, 6.45) is 5.85. The zero-order valence-corrected chi connectivity index (χ0v) is 17.7. The van der Waals surface area contributed by atoms with Crippen LogP contribution in [0.3, 0.4) is 0 Å². The van der Waals surface area contributed by atoms with Crippen molar-refractivity contribution in [1.82, 2.24) is 9.62 Å². The fourth-order valence-electron chi connectivity index (χ4n) is 4.37. The molecule has 2 aliphatic heterocycles. The molecule has 7 nitrogen and oxygen atoms in total. The van der Waals surface area contributed by atoms with Gasteiger partial charge >= 0.3 is 0 Å². The second-order valence-corrected chi connectivity index (χ2v) is 10.9. The van der Waals surface area contributed by atoms with Gasteiger partial charge in [0.2, 0.25) is 15.9 Å². The topological polar surface area (TPSA) is 110 Å². The second kappa shape index (κ2) is 8.12. The largest absolute Gasteiger partial charge is 0.366 e. The van der Waals surface area contributed by atoms with Crippen LogP contribution in [0.5, 0.6) is 0 Å². The number of carbonyl (C=O) groups is 2. The van der Waals surface area contributed by atoms with Crippen molar-refractivity contribution in [1.29, 1.82) is 0 Å². The second-order valence-electron chi connectivity index (χ2n) is 7.74. The highest BCUT2D eigenvalue weighted by atomic mass is 32.2. The molecule has 2 fully saturated rings. The predicted octanol–water partition coefficient (Wildman–Crippen LogP) is 2.20. The summed E-state index contributed by atoms with van der Waals surface area (Å²) >= 11 is 1.52. The van der Waals surface area contributed by atoms with Gasteiger partial charge in [-0.05, 0) is 49.9 Å². The predicted molar refractivity (Wildman–Crippen MR) is 111 cm³/mol. The number of fused-ring (bicyclic) bond motifs is 1. The summed E-state index contributed by atoms with van der Waals surface area (Å²) in [4.78, 5) is 24.9. The normalized spacial score (nSPS) is 25.1. The third kappa shape index (κ3) is 3.95. The van der Waals surface area contributed by atoms with E-state index in [9.17, 15) is 18.0 Å². The van der Waals surface area contributed by atoms with Crippen molar-refractivity contribution in [3.05, 3.63) is 40.4 Å². The number of primary amides is 1. The molecule has 156 valence electrons. The van der Waals surface area contributed by atoms with Crippen molar-refractivity contribution < 1.29 is 18.0 Å². The van der Waals surface area contributed by atoms with Crippen LogP contribution in [0, 0.1) is 5.92 Å². The first-order valence-corrected chi connectivity index (χ1v) is 12.3. The van der Waals surface area contributed by atoms with E-state index < -0.39 is 15.9 Å². The number of hydrogen-bond donors (Lipinski definition) is 2. The molecular weight excluding hydrogens is 410 g/mol. The molecule has 0 bridgehead atoms. The molecule has 2 amide bonds. The fraction of sp³-hybridized carbons (Fsp3) is 0.500. The SMILES string of the molecule is NC(=O)C1=C(NC(=O)c2ccc(S(=O)(=O)N3CCCC3)cc2)SC2CCCCC12. The van der Waals surface area contributed by atoms with Crippen LogP contribution in [-0.4, -0.2) is 42.9 Å². The molecular formula is C20H25N3O4S2. The van der Waals surface area contributed by atoms with Gasteiger partial charge in [-0.3, -0.25) is 9.59 Å². The summed E-state index contributed by atoms with van der Waals surface area (Å²) in [6.45, 7) is 1.07. The van der Waals surface area contributed by atoms with Crippen molar-refractivity contribution in [2.75, 3.05) is 13.1 Å². The minimum absolute atomic E-state index is 0.106. The van der Waals surface area contributed by atoms with Crippen molar-refractivity contribution >= 4 is 33.6 Å².